The van der Waals surface area contributed by atoms with E-state index >= 15 is 0 Å². The van der Waals surface area contributed by atoms with Crippen molar-refractivity contribution in [2.75, 3.05) is 0 Å². The predicted octanol–water partition coefficient (Wildman–Crippen LogP) is 2.83. The Labute approximate surface area is 165 Å². The Morgan fingerprint density at radius 2 is 0.923 bits per heavy atom. The molecule has 1 heteroatoms. The summed E-state index contributed by atoms with van der Waals surface area (Å²) in [5.41, 5.74) is 10.7. The summed E-state index contributed by atoms with van der Waals surface area (Å²) in [4.78, 5) is 0. The van der Waals surface area contributed by atoms with E-state index < -0.39 is 0 Å². The molecule has 0 radical (unpaired) electrons. The van der Waals surface area contributed by atoms with Gasteiger partial charge in [0.25, 0.3) is 0 Å². The Morgan fingerprint density at radius 3 is 1.42 bits per heavy atom. The fourth-order valence-electron chi connectivity index (χ4n) is 4.98. The summed E-state index contributed by atoms with van der Waals surface area (Å²) in [5, 5.41) is 0. The summed E-state index contributed by atoms with van der Waals surface area (Å²) in [7, 11) is 0. The van der Waals surface area contributed by atoms with Gasteiger partial charge in [-0.1, -0.05) is 72.8 Å². The minimum Gasteiger partial charge on any atom is -0.183 e. The van der Waals surface area contributed by atoms with Crippen molar-refractivity contribution in [3.63, 3.8) is 0 Å². The third kappa shape index (κ3) is 1.67. The van der Waals surface area contributed by atoms with Gasteiger partial charge in [-0.2, -0.15) is 24.3 Å². The van der Waals surface area contributed by atoms with E-state index in [-0.39, 0.29) is 24.3 Å². The van der Waals surface area contributed by atoms with Crippen molar-refractivity contribution in [1.29, 1.82) is 0 Å². The zero-order valence-corrected chi connectivity index (χ0v) is 14.7. The van der Waals surface area contributed by atoms with Crippen molar-refractivity contribution < 1.29 is 18.9 Å². The first-order valence-electron chi connectivity index (χ1n) is 8.72. The van der Waals surface area contributed by atoms with Crippen LogP contribution >= 0.6 is 0 Å². The van der Waals surface area contributed by atoms with Crippen LogP contribution in [0.25, 0.3) is 22.3 Å². The van der Waals surface area contributed by atoms with E-state index in [2.05, 4.69) is 91.0 Å². The van der Waals surface area contributed by atoms with E-state index in [0.717, 1.165) is 0 Å². The fraction of sp³-hybridized carbons (Fsp3) is 0.0400. The summed E-state index contributed by atoms with van der Waals surface area (Å²) in [6, 6.07) is 36.4. The van der Waals surface area contributed by atoms with Crippen LogP contribution in [0.2, 0.25) is 0 Å². The van der Waals surface area contributed by atoms with Crippen LogP contribution in [-0.4, -0.2) is 0 Å². The molecular weight excluding hydrogens is 307 g/mol. The molecular formula is C25H15Li. The van der Waals surface area contributed by atoms with Gasteiger partial charge in [0.15, 0.2) is 0 Å². The van der Waals surface area contributed by atoms with Crippen LogP contribution in [-0.2, 0) is 5.41 Å². The van der Waals surface area contributed by atoms with Gasteiger partial charge >= 0.3 is 18.9 Å². The molecule has 0 aromatic heterocycles. The van der Waals surface area contributed by atoms with Gasteiger partial charge in [0.05, 0.1) is 0 Å². The first-order valence-corrected chi connectivity index (χ1v) is 8.72. The normalized spacial score (nSPS) is 14.2. The van der Waals surface area contributed by atoms with Crippen molar-refractivity contribution >= 4 is 0 Å². The van der Waals surface area contributed by atoms with Gasteiger partial charge in [-0.3, -0.25) is 0 Å². The van der Waals surface area contributed by atoms with Crippen LogP contribution in [0.15, 0.2) is 91.0 Å². The van der Waals surface area contributed by atoms with E-state index in [1.807, 2.05) is 6.07 Å². The predicted molar refractivity (Wildman–Crippen MR) is 102 cm³/mol. The average Bonchev–Trinajstić information content (AvgIpc) is 3.16. The van der Waals surface area contributed by atoms with Crippen LogP contribution < -0.4 is 18.9 Å². The summed E-state index contributed by atoms with van der Waals surface area (Å²) in [6.07, 6.45) is 0. The third-order valence-electron chi connectivity index (χ3n) is 5.84. The maximum absolute atomic E-state index is 3.34. The Hall–Kier alpha value is -2.52. The van der Waals surface area contributed by atoms with Crippen molar-refractivity contribution in [3.05, 3.63) is 119 Å². The second-order valence-corrected chi connectivity index (χ2v) is 6.86. The number of fused-ring (bicyclic) bond motifs is 10. The van der Waals surface area contributed by atoms with Crippen molar-refractivity contribution in [3.8, 4) is 22.3 Å². The van der Waals surface area contributed by atoms with Crippen LogP contribution in [0.4, 0.5) is 0 Å². The monoisotopic (exact) mass is 322 g/mol. The van der Waals surface area contributed by atoms with Crippen LogP contribution in [0.3, 0.4) is 0 Å². The zero-order valence-electron chi connectivity index (χ0n) is 14.7. The molecule has 0 saturated heterocycles. The van der Waals surface area contributed by atoms with Gasteiger partial charge in [-0.05, 0) is 33.4 Å². The largest absolute Gasteiger partial charge is 1.00 e. The van der Waals surface area contributed by atoms with E-state index in [1.165, 1.54) is 44.5 Å². The van der Waals surface area contributed by atoms with Gasteiger partial charge < -0.3 is 0 Å². The molecule has 116 valence electrons. The molecule has 0 fully saturated rings. The number of hydrogen-bond acceptors (Lipinski definition) is 0. The second kappa shape index (κ2) is 5.49. The number of rotatable bonds is 0. The molecule has 26 heavy (non-hydrogen) atoms. The zero-order chi connectivity index (χ0) is 16.4. The third-order valence-corrected chi connectivity index (χ3v) is 5.84. The quantitative estimate of drug-likeness (QED) is 0.298. The molecule has 2 aliphatic carbocycles. The standard InChI is InChI=1S/C25H15.Li/c1-5-13-21-17(9-1)18-10-2-6-14-22(18)25(21)23-15-7-3-11-19(23)20-12-4-8-16-24(20)25;/h1-7,9-16H;/q-1;+1. The van der Waals surface area contributed by atoms with Crippen LogP contribution in [0.1, 0.15) is 22.3 Å². The van der Waals surface area contributed by atoms with Crippen LogP contribution in [0, 0.1) is 6.07 Å². The summed E-state index contributed by atoms with van der Waals surface area (Å²) < 4.78 is 0. The Balaban J connectivity index is 0.00000150. The average molecular weight is 322 g/mol. The molecule has 0 bridgehead atoms. The maximum Gasteiger partial charge on any atom is 1.00 e. The van der Waals surface area contributed by atoms with E-state index in [4.69, 9.17) is 0 Å². The van der Waals surface area contributed by atoms with E-state index in [9.17, 15) is 0 Å². The first kappa shape index (κ1) is 15.7. The molecule has 1 spiro atoms. The molecule has 0 heterocycles. The van der Waals surface area contributed by atoms with E-state index in [0.29, 0.717) is 0 Å². The molecule has 0 amide bonds. The summed E-state index contributed by atoms with van der Waals surface area (Å²) in [6.45, 7) is 0. The molecule has 0 nitrogen and oxygen atoms in total. The Kier molecular flexibility index (Phi) is 3.31. The number of benzene rings is 4. The molecule has 0 atom stereocenters. The maximum atomic E-state index is 3.34. The van der Waals surface area contributed by atoms with Crippen molar-refractivity contribution in [1.82, 2.24) is 0 Å². The molecule has 2 aliphatic rings. The molecule has 4 aromatic rings. The van der Waals surface area contributed by atoms with Crippen molar-refractivity contribution in [2.45, 2.75) is 5.41 Å². The van der Waals surface area contributed by atoms with Crippen molar-refractivity contribution in [2.24, 2.45) is 0 Å². The summed E-state index contributed by atoms with van der Waals surface area (Å²) >= 11 is 0. The molecule has 0 N–H and O–H groups in total. The van der Waals surface area contributed by atoms with Gasteiger partial charge in [-0.15, -0.1) is 11.1 Å². The topological polar surface area (TPSA) is 0 Å². The van der Waals surface area contributed by atoms with Gasteiger partial charge in [0.1, 0.15) is 0 Å². The number of hydrogen-bond donors (Lipinski definition) is 0. The van der Waals surface area contributed by atoms with Gasteiger partial charge in [-0.25, -0.2) is 0 Å². The van der Waals surface area contributed by atoms with Gasteiger partial charge in [0, 0.05) is 5.41 Å². The molecule has 4 aromatic carbocycles. The Morgan fingerprint density at radius 1 is 0.500 bits per heavy atom. The first-order chi connectivity index (χ1) is 12.4. The minimum absolute atomic E-state index is 0. The molecule has 0 aliphatic heterocycles. The smallest absolute Gasteiger partial charge is 0.183 e. The molecule has 0 unspecified atom stereocenters. The van der Waals surface area contributed by atoms with Crippen LogP contribution in [0.5, 0.6) is 0 Å². The molecule has 6 rings (SSSR count). The molecule has 0 saturated carbocycles. The summed E-state index contributed by atoms with van der Waals surface area (Å²) in [5.74, 6) is 0. The SMILES string of the molecule is [Li+].[c-]1ccc2c(c1)C1(c3ccccc3-2)c2ccccc2-c2ccccc21. The van der Waals surface area contributed by atoms with E-state index in [1.54, 1.807) is 0 Å². The minimum atomic E-state index is -0.211. The van der Waals surface area contributed by atoms with Gasteiger partial charge in [0.2, 0.25) is 0 Å². The second-order valence-electron chi connectivity index (χ2n) is 6.86. The fourth-order valence-corrected chi connectivity index (χ4v) is 4.98. The Bertz CT molecular complexity index is 968.